The molecule has 0 amide bonds. The Labute approximate surface area is 173 Å². The normalized spacial score (nSPS) is 15.2. The SMILES string of the molecule is COc1ccc(COCC(CN2CC=CCC2)OCc2ccc(OC)cc2)cc1. The second-order valence-electron chi connectivity index (χ2n) is 7.16. The van der Waals surface area contributed by atoms with Crippen LogP contribution in [0, 0.1) is 0 Å². The molecule has 5 heteroatoms. The quantitative estimate of drug-likeness (QED) is 0.535. The molecule has 29 heavy (non-hydrogen) atoms. The molecule has 3 rings (SSSR count). The lowest BCUT2D eigenvalue weighted by atomic mass is 10.2. The molecule has 1 heterocycles. The van der Waals surface area contributed by atoms with Gasteiger partial charge in [-0.3, -0.25) is 4.90 Å². The summed E-state index contributed by atoms with van der Waals surface area (Å²) in [5.74, 6) is 1.71. The van der Waals surface area contributed by atoms with Crippen LogP contribution in [0.5, 0.6) is 11.5 Å². The van der Waals surface area contributed by atoms with E-state index in [9.17, 15) is 0 Å². The van der Waals surface area contributed by atoms with Crippen molar-refractivity contribution in [1.82, 2.24) is 4.90 Å². The molecule has 5 nitrogen and oxygen atoms in total. The zero-order valence-electron chi connectivity index (χ0n) is 17.4. The minimum Gasteiger partial charge on any atom is -0.497 e. The highest BCUT2D eigenvalue weighted by molar-refractivity contribution is 5.27. The maximum Gasteiger partial charge on any atom is 0.118 e. The highest BCUT2D eigenvalue weighted by Gasteiger charge is 2.16. The molecule has 2 aromatic rings. The van der Waals surface area contributed by atoms with Gasteiger partial charge in [-0.1, -0.05) is 36.4 Å². The van der Waals surface area contributed by atoms with Crippen molar-refractivity contribution >= 4 is 0 Å². The molecule has 0 spiro atoms. The standard InChI is InChI=1S/C24H31NO4/c1-26-22-10-6-20(7-11-22)17-28-19-24(16-25-14-4-3-5-15-25)29-18-21-8-12-23(27-2)13-9-21/h3-4,6-13,24H,5,14-19H2,1-2H3. The van der Waals surface area contributed by atoms with E-state index in [1.807, 2.05) is 48.5 Å². The smallest absolute Gasteiger partial charge is 0.118 e. The van der Waals surface area contributed by atoms with Gasteiger partial charge in [-0.15, -0.1) is 0 Å². The fraction of sp³-hybridized carbons (Fsp3) is 0.417. The van der Waals surface area contributed by atoms with Crippen molar-refractivity contribution in [1.29, 1.82) is 0 Å². The number of hydrogen-bond donors (Lipinski definition) is 0. The van der Waals surface area contributed by atoms with Gasteiger partial charge in [-0.05, 0) is 41.8 Å². The second-order valence-corrected chi connectivity index (χ2v) is 7.16. The predicted molar refractivity (Wildman–Crippen MR) is 114 cm³/mol. The lowest BCUT2D eigenvalue weighted by Gasteiger charge is -2.28. The first kappa shape index (κ1) is 21.4. The van der Waals surface area contributed by atoms with Crippen LogP contribution in [0.1, 0.15) is 17.5 Å². The number of methoxy groups -OCH3 is 2. The molecule has 156 valence electrons. The van der Waals surface area contributed by atoms with Crippen molar-refractivity contribution in [3.63, 3.8) is 0 Å². The largest absolute Gasteiger partial charge is 0.497 e. The van der Waals surface area contributed by atoms with Crippen LogP contribution < -0.4 is 9.47 Å². The molecule has 0 bridgehead atoms. The number of rotatable bonds is 11. The van der Waals surface area contributed by atoms with E-state index in [-0.39, 0.29) is 6.10 Å². The average Bonchev–Trinajstić information content (AvgIpc) is 2.79. The molecule has 0 saturated heterocycles. The summed E-state index contributed by atoms with van der Waals surface area (Å²) in [6.07, 6.45) is 5.58. The van der Waals surface area contributed by atoms with Crippen LogP contribution >= 0.6 is 0 Å². The Morgan fingerprint density at radius 2 is 1.45 bits per heavy atom. The summed E-state index contributed by atoms with van der Waals surface area (Å²) >= 11 is 0. The van der Waals surface area contributed by atoms with Crippen molar-refractivity contribution < 1.29 is 18.9 Å². The lowest BCUT2D eigenvalue weighted by Crippen LogP contribution is -2.38. The molecular weight excluding hydrogens is 366 g/mol. The monoisotopic (exact) mass is 397 g/mol. The third kappa shape index (κ3) is 7.20. The first-order valence-electron chi connectivity index (χ1n) is 10.1. The molecule has 0 fully saturated rings. The van der Waals surface area contributed by atoms with Gasteiger partial charge in [-0.2, -0.15) is 0 Å². The Morgan fingerprint density at radius 1 is 0.828 bits per heavy atom. The number of hydrogen-bond acceptors (Lipinski definition) is 5. The topological polar surface area (TPSA) is 40.2 Å². The summed E-state index contributed by atoms with van der Waals surface area (Å²) in [6.45, 7) is 4.58. The maximum absolute atomic E-state index is 6.23. The Morgan fingerprint density at radius 3 is 2.00 bits per heavy atom. The van der Waals surface area contributed by atoms with Gasteiger partial charge in [0.1, 0.15) is 11.5 Å². The fourth-order valence-corrected chi connectivity index (χ4v) is 3.26. The van der Waals surface area contributed by atoms with Gasteiger partial charge < -0.3 is 18.9 Å². The molecule has 1 atom stereocenters. The van der Waals surface area contributed by atoms with E-state index >= 15 is 0 Å². The van der Waals surface area contributed by atoms with Gasteiger partial charge in [0, 0.05) is 19.6 Å². The summed E-state index contributed by atoms with van der Waals surface area (Å²) in [5, 5.41) is 0. The highest BCUT2D eigenvalue weighted by atomic mass is 16.5. The number of nitrogens with zero attached hydrogens (tertiary/aromatic N) is 1. The maximum atomic E-state index is 6.23. The van der Waals surface area contributed by atoms with Crippen molar-refractivity contribution in [2.75, 3.05) is 40.5 Å². The van der Waals surface area contributed by atoms with E-state index in [1.165, 1.54) is 0 Å². The molecule has 1 aliphatic heterocycles. The lowest BCUT2D eigenvalue weighted by molar-refractivity contribution is -0.0434. The Bertz CT molecular complexity index is 742. The van der Waals surface area contributed by atoms with Gasteiger partial charge in [0.05, 0.1) is 40.1 Å². The molecule has 0 aromatic heterocycles. The van der Waals surface area contributed by atoms with Gasteiger partial charge in [0.15, 0.2) is 0 Å². The van der Waals surface area contributed by atoms with E-state index in [4.69, 9.17) is 18.9 Å². The minimum absolute atomic E-state index is 0.0156. The van der Waals surface area contributed by atoms with Crippen LogP contribution in [-0.4, -0.2) is 51.5 Å². The van der Waals surface area contributed by atoms with Gasteiger partial charge in [0.2, 0.25) is 0 Å². The van der Waals surface area contributed by atoms with Gasteiger partial charge in [0.25, 0.3) is 0 Å². The molecule has 0 radical (unpaired) electrons. The van der Waals surface area contributed by atoms with E-state index in [2.05, 4.69) is 17.1 Å². The van der Waals surface area contributed by atoms with Crippen LogP contribution in [0.3, 0.4) is 0 Å². The van der Waals surface area contributed by atoms with Crippen LogP contribution in [0.2, 0.25) is 0 Å². The first-order chi connectivity index (χ1) is 14.3. The Hall–Kier alpha value is -2.34. The average molecular weight is 398 g/mol. The van der Waals surface area contributed by atoms with Crippen LogP contribution in [0.15, 0.2) is 60.7 Å². The Kier molecular flexibility index (Phi) is 8.56. The van der Waals surface area contributed by atoms with E-state index in [0.29, 0.717) is 19.8 Å². The summed E-state index contributed by atoms with van der Waals surface area (Å²) < 4.78 is 22.6. The number of benzene rings is 2. The predicted octanol–water partition coefficient (Wildman–Crippen LogP) is 4.07. The molecule has 1 unspecified atom stereocenters. The van der Waals surface area contributed by atoms with Crippen LogP contribution in [-0.2, 0) is 22.7 Å². The van der Waals surface area contributed by atoms with Crippen molar-refractivity contribution in [2.24, 2.45) is 0 Å². The van der Waals surface area contributed by atoms with Gasteiger partial charge >= 0.3 is 0 Å². The molecule has 0 aliphatic carbocycles. The number of ether oxygens (including phenoxy) is 4. The summed E-state index contributed by atoms with van der Waals surface area (Å²) in [7, 11) is 3.35. The summed E-state index contributed by atoms with van der Waals surface area (Å²) in [5.41, 5.74) is 2.25. The van der Waals surface area contributed by atoms with Crippen molar-refractivity contribution in [2.45, 2.75) is 25.7 Å². The molecule has 0 saturated carbocycles. The van der Waals surface area contributed by atoms with Gasteiger partial charge in [-0.25, -0.2) is 0 Å². The fourth-order valence-electron chi connectivity index (χ4n) is 3.26. The minimum atomic E-state index is 0.0156. The second kappa shape index (κ2) is 11.6. The third-order valence-electron chi connectivity index (χ3n) is 4.98. The van der Waals surface area contributed by atoms with Crippen LogP contribution in [0.4, 0.5) is 0 Å². The molecular formula is C24H31NO4. The van der Waals surface area contributed by atoms with E-state index in [0.717, 1.165) is 48.7 Å². The van der Waals surface area contributed by atoms with Crippen molar-refractivity contribution in [3.05, 3.63) is 71.8 Å². The van der Waals surface area contributed by atoms with Crippen molar-refractivity contribution in [3.8, 4) is 11.5 Å². The molecule has 0 N–H and O–H groups in total. The molecule has 1 aliphatic rings. The third-order valence-corrected chi connectivity index (χ3v) is 4.98. The molecule has 2 aromatic carbocycles. The zero-order chi connectivity index (χ0) is 20.3. The Balaban J connectivity index is 1.51. The highest BCUT2D eigenvalue weighted by Crippen LogP contribution is 2.15. The summed E-state index contributed by atoms with van der Waals surface area (Å²) in [4.78, 5) is 2.41. The first-order valence-corrected chi connectivity index (χ1v) is 10.1. The van der Waals surface area contributed by atoms with E-state index in [1.54, 1.807) is 14.2 Å². The van der Waals surface area contributed by atoms with E-state index < -0.39 is 0 Å². The zero-order valence-corrected chi connectivity index (χ0v) is 17.4. The summed E-state index contributed by atoms with van der Waals surface area (Å²) in [6, 6.07) is 16.0. The van der Waals surface area contributed by atoms with Crippen LogP contribution in [0.25, 0.3) is 0 Å².